The zero-order valence-electron chi connectivity index (χ0n) is 22.9. The second-order valence-electron chi connectivity index (χ2n) is 9.77. The van der Waals surface area contributed by atoms with Crippen LogP contribution in [-0.2, 0) is 18.9 Å². The van der Waals surface area contributed by atoms with Crippen LogP contribution in [0.1, 0.15) is 37.3 Å². The number of esters is 3. The van der Waals surface area contributed by atoms with Crippen LogP contribution in [0.5, 0.6) is 0 Å². The quantitative estimate of drug-likeness (QED) is 0.199. The summed E-state index contributed by atoms with van der Waals surface area (Å²) in [6, 6.07) is 24.5. The van der Waals surface area contributed by atoms with Gasteiger partial charge in [0.2, 0.25) is 0 Å². The normalized spacial score (nSPS) is 19.4. The van der Waals surface area contributed by atoms with Gasteiger partial charge in [0.15, 0.2) is 24.1 Å². The van der Waals surface area contributed by atoms with Crippen molar-refractivity contribution in [1.29, 1.82) is 0 Å². The summed E-state index contributed by atoms with van der Waals surface area (Å²) in [5.41, 5.74) is 6.09. The fourth-order valence-electron chi connectivity index (χ4n) is 4.82. The van der Waals surface area contributed by atoms with Crippen LogP contribution in [0.3, 0.4) is 0 Å². The zero-order chi connectivity index (χ0) is 30.6. The summed E-state index contributed by atoms with van der Waals surface area (Å²) in [6.45, 7) is -0.409. The number of aromatic nitrogens is 4. The number of nitrogens with two attached hydrogens (primary N) is 1. The Kier molecular flexibility index (Phi) is 7.84. The molecule has 13 nitrogen and oxygen atoms in total. The number of H-pyrrole nitrogens is 1. The van der Waals surface area contributed by atoms with Crippen LogP contribution < -0.4 is 11.3 Å². The summed E-state index contributed by atoms with van der Waals surface area (Å²) < 4.78 is 24.5. The molecule has 1 aliphatic heterocycles. The lowest BCUT2D eigenvalue weighted by molar-refractivity contribution is -0.0681. The van der Waals surface area contributed by atoms with Gasteiger partial charge < -0.3 is 24.7 Å². The topological polar surface area (TPSA) is 178 Å². The third-order valence-corrected chi connectivity index (χ3v) is 6.97. The Bertz CT molecular complexity index is 1860. The summed E-state index contributed by atoms with van der Waals surface area (Å²) in [5, 5.41) is 2.80. The summed E-state index contributed by atoms with van der Waals surface area (Å²) in [7, 11) is 0. The lowest BCUT2D eigenvalue weighted by Gasteiger charge is -2.24. The lowest BCUT2D eigenvalue weighted by atomic mass is 10.1. The standard InChI is InChI=1S/C31H25N5O8/c32-25-22-26(34-17-33-25)35-36(27(22)37)28-24(44-31(40)20-14-8-3-9-15-20)23(43-30(39)19-12-6-2-7-13-19)21(42-28)16-41-29(38)18-10-4-1-5-11-18/h1-15,17,21,23-24,28H,16H2,(H3,32,33,34,35)/t21-,23-,24-,28-/m1/s1. The highest BCUT2D eigenvalue weighted by Crippen LogP contribution is 2.35. The first kappa shape index (κ1) is 28.3. The van der Waals surface area contributed by atoms with Crippen molar-refractivity contribution in [2.24, 2.45) is 0 Å². The number of nitrogens with zero attached hydrogens (tertiary/aromatic N) is 3. The molecule has 3 aromatic carbocycles. The first-order valence-electron chi connectivity index (χ1n) is 13.5. The summed E-state index contributed by atoms with van der Waals surface area (Å²) in [6.07, 6.45) is -4.09. The number of carbonyl (C=O) groups is 3. The molecule has 3 N–H and O–H groups in total. The number of hydrogen-bond acceptors (Lipinski definition) is 11. The summed E-state index contributed by atoms with van der Waals surface area (Å²) in [5.74, 6) is -2.25. The third-order valence-electron chi connectivity index (χ3n) is 6.97. The lowest BCUT2D eigenvalue weighted by Crippen LogP contribution is -2.42. The number of rotatable bonds is 8. The number of aromatic amines is 1. The van der Waals surface area contributed by atoms with Gasteiger partial charge in [0.25, 0.3) is 5.56 Å². The smallest absolute Gasteiger partial charge is 0.338 e. The van der Waals surface area contributed by atoms with Crippen molar-refractivity contribution in [2.45, 2.75) is 24.5 Å². The van der Waals surface area contributed by atoms with Crippen LogP contribution in [0.2, 0.25) is 0 Å². The molecule has 6 rings (SSSR count). The van der Waals surface area contributed by atoms with Gasteiger partial charge in [0, 0.05) is 0 Å². The van der Waals surface area contributed by atoms with Crippen LogP contribution in [0.15, 0.2) is 102 Å². The van der Waals surface area contributed by atoms with E-state index in [1.165, 1.54) is 6.33 Å². The number of carbonyl (C=O) groups excluding carboxylic acids is 3. The molecule has 5 aromatic rings. The molecule has 4 atom stereocenters. The minimum Gasteiger partial charge on any atom is -0.459 e. The number of benzene rings is 3. The van der Waals surface area contributed by atoms with Crippen LogP contribution >= 0.6 is 0 Å². The van der Waals surface area contributed by atoms with Crippen LogP contribution in [0.25, 0.3) is 11.0 Å². The molecule has 0 spiro atoms. The maximum Gasteiger partial charge on any atom is 0.338 e. The average molecular weight is 596 g/mol. The van der Waals surface area contributed by atoms with Crippen molar-refractivity contribution in [3.63, 3.8) is 0 Å². The Balaban J connectivity index is 1.39. The molecule has 222 valence electrons. The molecule has 0 saturated carbocycles. The first-order chi connectivity index (χ1) is 21.4. The molecule has 0 unspecified atom stereocenters. The zero-order valence-corrected chi connectivity index (χ0v) is 22.9. The Labute approximate surface area is 249 Å². The molecule has 0 aliphatic carbocycles. The van der Waals surface area contributed by atoms with Gasteiger partial charge in [0.05, 0.1) is 16.7 Å². The van der Waals surface area contributed by atoms with Gasteiger partial charge in [-0.15, -0.1) is 0 Å². The number of nitrogens with one attached hydrogen (secondary N) is 1. The largest absolute Gasteiger partial charge is 0.459 e. The van der Waals surface area contributed by atoms with Crippen molar-refractivity contribution in [3.05, 3.63) is 124 Å². The fraction of sp³-hybridized carbons (Fsp3) is 0.161. The molecule has 13 heteroatoms. The van der Waals surface area contributed by atoms with Crippen LogP contribution in [0.4, 0.5) is 5.82 Å². The minimum atomic E-state index is -1.39. The van der Waals surface area contributed by atoms with E-state index in [2.05, 4.69) is 15.1 Å². The number of hydrogen-bond donors (Lipinski definition) is 2. The van der Waals surface area contributed by atoms with Crippen molar-refractivity contribution < 1.29 is 33.3 Å². The summed E-state index contributed by atoms with van der Waals surface area (Å²) in [4.78, 5) is 60.8. The van der Waals surface area contributed by atoms with Crippen molar-refractivity contribution in [3.8, 4) is 0 Å². The first-order valence-corrected chi connectivity index (χ1v) is 13.5. The van der Waals surface area contributed by atoms with E-state index in [0.29, 0.717) is 0 Å². The van der Waals surface area contributed by atoms with E-state index in [9.17, 15) is 19.2 Å². The Hall–Kier alpha value is -5.82. The molecule has 44 heavy (non-hydrogen) atoms. The minimum absolute atomic E-state index is 0.0129. The number of anilines is 1. The van der Waals surface area contributed by atoms with Crippen LogP contribution in [0, 0.1) is 0 Å². The van der Waals surface area contributed by atoms with Gasteiger partial charge >= 0.3 is 17.9 Å². The molecule has 3 heterocycles. The van der Waals surface area contributed by atoms with E-state index in [-0.39, 0.29) is 33.5 Å². The fourth-order valence-corrected chi connectivity index (χ4v) is 4.82. The Morgan fingerprint density at radius 2 is 1.30 bits per heavy atom. The van der Waals surface area contributed by atoms with E-state index in [1.54, 1.807) is 91.0 Å². The number of nitrogen functional groups attached to an aromatic ring is 1. The molecule has 1 aliphatic rings. The van der Waals surface area contributed by atoms with Gasteiger partial charge in [-0.05, 0) is 36.4 Å². The predicted molar refractivity (Wildman–Crippen MR) is 154 cm³/mol. The average Bonchev–Trinajstić information content (AvgIpc) is 3.57. The van der Waals surface area contributed by atoms with Gasteiger partial charge in [0.1, 0.15) is 30.2 Å². The molecular weight excluding hydrogens is 570 g/mol. The van der Waals surface area contributed by atoms with Gasteiger partial charge in [-0.1, -0.05) is 54.6 Å². The third kappa shape index (κ3) is 5.63. The Morgan fingerprint density at radius 1 is 0.773 bits per heavy atom. The van der Waals surface area contributed by atoms with Gasteiger partial charge in [-0.3, -0.25) is 9.89 Å². The van der Waals surface area contributed by atoms with Gasteiger partial charge in [-0.25, -0.2) is 29.0 Å². The molecule has 1 saturated heterocycles. The Morgan fingerprint density at radius 3 is 1.84 bits per heavy atom. The summed E-state index contributed by atoms with van der Waals surface area (Å²) >= 11 is 0. The second kappa shape index (κ2) is 12.2. The molecular formula is C31H25N5O8. The number of fused-ring (bicyclic) bond motifs is 1. The van der Waals surface area contributed by atoms with Crippen molar-refractivity contribution in [1.82, 2.24) is 19.7 Å². The second-order valence-corrected chi connectivity index (χ2v) is 9.77. The highest BCUT2D eigenvalue weighted by atomic mass is 16.7. The molecule has 0 radical (unpaired) electrons. The van der Waals surface area contributed by atoms with E-state index in [0.717, 1.165) is 4.68 Å². The molecule has 0 amide bonds. The molecule has 1 fully saturated rings. The highest BCUT2D eigenvalue weighted by molar-refractivity contribution is 5.91. The van der Waals surface area contributed by atoms with E-state index < -0.39 is 54.6 Å². The van der Waals surface area contributed by atoms with Gasteiger partial charge in [-0.2, -0.15) is 0 Å². The number of ether oxygens (including phenoxy) is 4. The van der Waals surface area contributed by atoms with Crippen molar-refractivity contribution in [2.75, 3.05) is 12.3 Å². The van der Waals surface area contributed by atoms with Crippen molar-refractivity contribution >= 4 is 34.8 Å². The van der Waals surface area contributed by atoms with Crippen LogP contribution in [-0.4, -0.2) is 62.6 Å². The SMILES string of the molecule is Nc1ncnc2[nH]n([C@@H]3O[C@H](COC(=O)c4ccccc4)[C@@H](OC(=O)c4ccccc4)[C@H]3OC(=O)c3ccccc3)c(=O)c12. The van der Waals surface area contributed by atoms with E-state index >= 15 is 0 Å². The monoisotopic (exact) mass is 595 g/mol. The van der Waals surface area contributed by atoms with E-state index in [4.69, 9.17) is 24.7 Å². The maximum atomic E-state index is 13.5. The maximum absolute atomic E-state index is 13.5. The molecule has 2 aromatic heterocycles. The molecule has 0 bridgehead atoms. The predicted octanol–water partition coefficient (Wildman–Crippen LogP) is 2.91. The highest BCUT2D eigenvalue weighted by Gasteiger charge is 2.52. The van der Waals surface area contributed by atoms with E-state index in [1.807, 2.05) is 0 Å².